The van der Waals surface area contributed by atoms with Crippen LogP contribution in [-0.4, -0.2) is 20.0 Å². The van der Waals surface area contributed by atoms with E-state index in [0.717, 1.165) is 22.2 Å². The second-order valence-electron chi connectivity index (χ2n) is 4.04. The van der Waals surface area contributed by atoms with E-state index in [1.807, 2.05) is 36.6 Å². The molecule has 0 amide bonds. The third kappa shape index (κ3) is 2.39. The zero-order valence-electron chi connectivity index (χ0n) is 10.6. The van der Waals surface area contributed by atoms with Gasteiger partial charge in [0.2, 0.25) is 0 Å². The normalized spacial score (nSPS) is 12.1. The van der Waals surface area contributed by atoms with Crippen LogP contribution in [0.25, 0.3) is 5.69 Å². The first-order valence-corrected chi connectivity index (χ1v) is 6.55. The lowest BCUT2D eigenvalue weighted by Gasteiger charge is -2.11. The molecule has 1 unspecified atom stereocenters. The number of nitrogens with zero attached hydrogens (tertiary/aromatic N) is 4. The molecule has 0 aliphatic rings. The molecule has 0 saturated heterocycles. The predicted octanol–water partition coefficient (Wildman–Crippen LogP) is 2.89. The molecule has 1 aromatic carbocycles. The van der Waals surface area contributed by atoms with E-state index in [0.29, 0.717) is 0 Å². The highest BCUT2D eigenvalue weighted by atomic mass is 32.2. The largest absolute Gasteiger partial charge is 0.274 e. The minimum Gasteiger partial charge on any atom is -0.274 e. The van der Waals surface area contributed by atoms with Crippen LogP contribution in [0.2, 0.25) is 0 Å². The summed E-state index contributed by atoms with van der Waals surface area (Å²) >= 11 is 1.42. The molecule has 0 spiro atoms. The summed E-state index contributed by atoms with van der Waals surface area (Å²) in [6.45, 7) is 5.83. The van der Waals surface area contributed by atoms with Crippen LogP contribution in [0.3, 0.4) is 0 Å². The van der Waals surface area contributed by atoms with Crippen molar-refractivity contribution in [3.8, 4) is 11.8 Å². The monoisotopic (exact) mass is 258 g/mol. The van der Waals surface area contributed by atoms with Crippen LogP contribution < -0.4 is 0 Å². The van der Waals surface area contributed by atoms with Crippen LogP contribution in [0, 0.1) is 25.2 Å². The minimum atomic E-state index is -0.142. The van der Waals surface area contributed by atoms with Gasteiger partial charge in [0.1, 0.15) is 5.82 Å². The molecule has 0 saturated carbocycles. The first kappa shape index (κ1) is 12.7. The van der Waals surface area contributed by atoms with E-state index in [2.05, 4.69) is 29.3 Å². The summed E-state index contributed by atoms with van der Waals surface area (Å²) < 4.78 is 1.99. The van der Waals surface area contributed by atoms with E-state index in [9.17, 15) is 0 Å². The van der Waals surface area contributed by atoms with Crippen molar-refractivity contribution in [1.82, 2.24) is 14.8 Å². The molecule has 0 aliphatic carbocycles. The molecule has 2 rings (SSSR count). The molecule has 0 radical (unpaired) electrons. The van der Waals surface area contributed by atoms with Crippen molar-refractivity contribution in [2.45, 2.75) is 31.2 Å². The van der Waals surface area contributed by atoms with Gasteiger partial charge in [0, 0.05) is 0 Å². The average Bonchev–Trinajstić information content (AvgIpc) is 2.71. The number of aryl methyl sites for hydroxylation is 2. The van der Waals surface area contributed by atoms with Gasteiger partial charge in [-0.25, -0.2) is 0 Å². The van der Waals surface area contributed by atoms with E-state index >= 15 is 0 Å². The second-order valence-corrected chi connectivity index (χ2v) is 5.35. The maximum absolute atomic E-state index is 8.89. The maximum atomic E-state index is 8.89. The van der Waals surface area contributed by atoms with Gasteiger partial charge in [-0.3, -0.25) is 4.57 Å². The lowest BCUT2D eigenvalue weighted by molar-refractivity contribution is 0.860. The number of hydrogen-bond acceptors (Lipinski definition) is 4. The van der Waals surface area contributed by atoms with E-state index in [1.165, 1.54) is 11.8 Å². The summed E-state index contributed by atoms with van der Waals surface area (Å²) in [5.74, 6) is 0.830. The number of para-hydroxylation sites is 1. The molecule has 92 valence electrons. The Hall–Kier alpha value is -1.80. The first-order valence-electron chi connectivity index (χ1n) is 5.67. The van der Waals surface area contributed by atoms with Crippen molar-refractivity contribution in [1.29, 1.82) is 5.26 Å². The SMILES string of the molecule is Cc1ccccc1-n1c(C)nnc1SC(C)C#N. The number of rotatable bonds is 3. The number of hydrogen-bond donors (Lipinski definition) is 0. The van der Waals surface area contributed by atoms with E-state index in [4.69, 9.17) is 5.26 Å². The van der Waals surface area contributed by atoms with Crippen LogP contribution >= 0.6 is 11.8 Å². The quantitative estimate of drug-likeness (QED) is 0.794. The molecule has 1 atom stereocenters. The Morgan fingerprint density at radius 3 is 2.67 bits per heavy atom. The summed E-state index contributed by atoms with van der Waals surface area (Å²) in [5.41, 5.74) is 2.22. The van der Waals surface area contributed by atoms with Gasteiger partial charge < -0.3 is 0 Å². The molecule has 1 aromatic heterocycles. The van der Waals surface area contributed by atoms with Crippen LogP contribution in [-0.2, 0) is 0 Å². The molecule has 4 nitrogen and oxygen atoms in total. The fraction of sp³-hybridized carbons (Fsp3) is 0.308. The number of aromatic nitrogens is 3. The molecular formula is C13H14N4S. The van der Waals surface area contributed by atoms with Crippen molar-refractivity contribution < 1.29 is 0 Å². The van der Waals surface area contributed by atoms with Crippen molar-refractivity contribution in [3.05, 3.63) is 35.7 Å². The highest BCUT2D eigenvalue weighted by molar-refractivity contribution is 8.00. The Bertz CT molecular complexity index is 597. The molecule has 0 fully saturated rings. The number of thioether (sulfide) groups is 1. The zero-order valence-corrected chi connectivity index (χ0v) is 11.4. The van der Waals surface area contributed by atoms with Crippen LogP contribution in [0.1, 0.15) is 18.3 Å². The summed E-state index contributed by atoms with van der Waals surface area (Å²) in [6.07, 6.45) is 0. The van der Waals surface area contributed by atoms with Gasteiger partial charge in [-0.1, -0.05) is 30.0 Å². The molecule has 0 N–H and O–H groups in total. The zero-order chi connectivity index (χ0) is 13.1. The Morgan fingerprint density at radius 2 is 2.00 bits per heavy atom. The van der Waals surface area contributed by atoms with Gasteiger partial charge in [-0.15, -0.1) is 10.2 Å². The molecule has 18 heavy (non-hydrogen) atoms. The number of benzene rings is 1. The smallest absolute Gasteiger partial charge is 0.197 e. The van der Waals surface area contributed by atoms with Gasteiger partial charge in [0.25, 0.3) is 0 Å². The Balaban J connectivity index is 2.48. The average molecular weight is 258 g/mol. The van der Waals surface area contributed by atoms with Gasteiger partial charge in [0.15, 0.2) is 5.16 Å². The van der Waals surface area contributed by atoms with Gasteiger partial charge in [0.05, 0.1) is 17.0 Å². The lowest BCUT2D eigenvalue weighted by atomic mass is 10.2. The molecule has 2 aromatic rings. The summed E-state index contributed by atoms with van der Waals surface area (Å²) in [6, 6.07) is 10.3. The van der Waals surface area contributed by atoms with Crippen LogP contribution in [0.15, 0.2) is 29.4 Å². The molecule has 0 aliphatic heterocycles. The topological polar surface area (TPSA) is 54.5 Å². The summed E-state index contributed by atoms with van der Waals surface area (Å²) in [4.78, 5) is 0. The highest BCUT2D eigenvalue weighted by Gasteiger charge is 2.15. The van der Waals surface area contributed by atoms with Crippen LogP contribution in [0.4, 0.5) is 0 Å². The van der Waals surface area contributed by atoms with Gasteiger partial charge in [-0.2, -0.15) is 5.26 Å². The first-order chi connectivity index (χ1) is 8.63. The molecule has 5 heteroatoms. The Morgan fingerprint density at radius 1 is 1.28 bits per heavy atom. The van der Waals surface area contributed by atoms with E-state index in [1.54, 1.807) is 0 Å². The van der Waals surface area contributed by atoms with E-state index < -0.39 is 0 Å². The Labute approximate surface area is 111 Å². The molecular weight excluding hydrogens is 244 g/mol. The molecule has 1 heterocycles. The molecule has 0 bridgehead atoms. The van der Waals surface area contributed by atoms with Crippen LogP contribution in [0.5, 0.6) is 0 Å². The predicted molar refractivity (Wildman–Crippen MR) is 71.8 cm³/mol. The summed E-state index contributed by atoms with van der Waals surface area (Å²) in [5, 5.41) is 17.8. The van der Waals surface area contributed by atoms with Crippen molar-refractivity contribution >= 4 is 11.8 Å². The standard InChI is InChI=1S/C13H14N4S/c1-9-6-4-5-7-12(9)17-11(3)15-16-13(17)18-10(2)8-14/h4-7,10H,1-3H3. The van der Waals surface area contributed by atoms with Crippen molar-refractivity contribution in [2.24, 2.45) is 0 Å². The Kier molecular flexibility index (Phi) is 3.68. The minimum absolute atomic E-state index is 0.142. The highest BCUT2D eigenvalue weighted by Crippen LogP contribution is 2.26. The van der Waals surface area contributed by atoms with Gasteiger partial charge >= 0.3 is 0 Å². The van der Waals surface area contributed by atoms with Crippen molar-refractivity contribution in [3.63, 3.8) is 0 Å². The fourth-order valence-corrected chi connectivity index (χ4v) is 2.49. The second kappa shape index (κ2) is 5.23. The lowest BCUT2D eigenvalue weighted by Crippen LogP contribution is -2.03. The maximum Gasteiger partial charge on any atom is 0.197 e. The van der Waals surface area contributed by atoms with E-state index in [-0.39, 0.29) is 5.25 Å². The fourth-order valence-electron chi connectivity index (χ4n) is 1.70. The van der Waals surface area contributed by atoms with Gasteiger partial charge in [-0.05, 0) is 32.4 Å². The third-order valence-electron chi connectivity index (χ3n) is 2.62. The third-order valence-corrected chi connectivity index (χ3v) is 3.55. The number of nitriles is 1. The summed E-state index contributed by atoms with van der Waals surface area (Å²) in [7, 11) is 0. The van der Waals surface area contributed by atoms with Crippen molar-refractivity contribution in [2.75, 3.05) is 0 Å².